The van der Waals surface area contributed by atoms with Crippen LogP contribution < -0.4 is 16.0 Å². The highest BCUT2D eigenvalue weighted by molar-refractivity contribution is 14.0. The van der Waals surface area contributed by atoms with Gasteiger partial charge in [-0.1, -0.05) is 0 Å². The normalized spacial score (nSPS) is 11.5. The van der Waals surface area contributed by atoms with Crippen LogP contribution in [0.5, 0.6) is 0 Å². The zero-order chi connectivity index (χ0) is 22.0. The van der Waals surface area contributed by atoms with E-state index in [4.69, 9.17) is 4.74 Å². The summed E-state index contributed by atoms with van der Waals surface area (Å²) >= 11 is 0. The lowest BCUT2D eigenvalue weighted by molar-refractivity contribution is 0.0527. The molecule has 1 heterocycles. The van der Waals surface area contributed by atoms with E-state index in [1.165, 1.54) is 12.1 Å². The Morgan fingerprint density at radius 3 is 2.39 bits per heavy atom. The maximum absolute atomic E-state index is 13.0. The first kappa shape index (κ1) is 26.7. The number of guanidine groups is 1. The molecule has 1 aromatic carbocycles. The van der Waals surface area contributed by atoms with Crippen LogP contribution in [-0.2, 0) is 11.2 Å². The van der Waals surface area contributed by atoms with Crippen molar-refractivity contribution in [3.05, 3.63) is 48.0 Å². The quantitative estimate of drug-likeness (QED) is 0.205. The number of nitrogens with zero attached hydrogens (tertiary/aromatic N) is 3. The fraction of sp³-hybridized carbons (Fsp3) is 0.476. The molecule has 172 valence electrons. The Balaban J connectivity index is 0.00000480. The molecule has 3 N–H and O–H groups in total. The molecule has 0 bridgehead atoms. The second-order valence-corrected chi connectivity index (χ2v) is 7.69. The summed E-state index contributed by atoms with van der Waals surface area (Å²) in [5, 5.41) is 13.7. The maximum atomic E-state index is 13.0. The van der Waals surface area contributed by atoms with Gasteiger partial charge in [-0.05, 0) is 57.5 Å². The SMILES string of the molecule is CN=C(NCCCNC(=O)OC(C)(C)C)NCCc1ccn(-c2ccc(F)cc2)n1.I. The molecule has 0 radical (unpaired) electrons. The van der Waals surface area contributed by atoms with Gasteiger partial charge < -0.3 is 20.7 Å². The van der Waals surface area contributed by atoms with Gasteiger partial charge in [0.25, 0.3) is 0 Å². The highest BCUT2D eigenvalue weighted by Gasteiger charge is 2.15. The van der Waals surface area contributed by atoms with Gasteiger partial charge in [-0.25, -0.2) is 13.9 Å². The lowest BCUT2D eigenvalue weighted by atomic mass is 10.2. The molecule has 8 nitrogen and oxygen atoms in total. The summed E-state index contributed by atoms with van der Waals surface area (Å²) in [5.74, 6) is 0.417. The van der Waals surface area contributed by atoms with Crippen molar-refractivity contribution in [3.63, 3.8) is 0 Å². The van der Waals surface area contributed by atoms with Crippen LogP contribution in [0.2, 0.25) is 0 Å². The van der Waals surface area contributed by atoms with Gasteiger partial charge in [-0.2, -0.15) is 5.10 Å². The molecule has 0 saturated carbocycles. The third-order valence-electron chi connectivity index (χ3n) is 3.95. The number of carbonyl (C=O) groups is 1. The average molecular weight is 546 g/mol. The van der Waals surface area contributed by atoms with Gasteiger partial charge in [-0.15, -0.1) is 24.0 Å². The first-order chi connectivity index (χ1) is 14.3. The summed E-state index contributed by atoms with van der Waals surface area (Å²) in [6.07, 6.45) is 2.90. The van der Waals surface area contributed by atoms with Crippen LogP contribution in [-0.4, -0.2) is 54.1 Å². The molecule has 2 rings (SSSR count). The van der Waals surface area contributed by atoms with Crippen LogP contribution in [0.3, 0.4) is 0 Å². The maximum Gasteiger partial charge on any atom is 0.407 e. The molecule has 31 heavy (non-hydrogen) atoms. The van der Waals surface area contributed by atoms with Gasteiger partial charge in [0.1, 0.15) is 11.4 Å². The molecule has 0 saturated heterocycles. The second-order valence-electron chi connectivity index (χ2n) is 7.69. The van der Waals surface area contributed by atoms with Crippen molar-refractivity contribution in [1.82, 2.24) is 25.7 Å². The van der Waals surface area contributed by atoms with E-state index in [0.717, 1.165) is 24.2 Å². The van der Waals surface area contributed by atoms with E-state index < -0.39 is 11.7 Å². The third-order valence-corrected chi connectivity index (χ3v) is 3.95. The number of aliphatic imine (C=N–C) groups is 1. The lowest BCUT2D eigenvalue weighted by Gasteiger charge is -2.19. The molecule has 0 aliphatic heterocycles. The fourth-order valence-electron chi connectivity index (χ4n) is 2.56. The molecule has 2 aromatic rings. The summed E-state index contributed by atoms with van der Waals surface area (Å²) in [6, 6.07) is 8.14. The van der Waals surface area contributed by atoms with E-state index in [1.54, 1.807) is 23.9 Å². The van der Waals surface area contributed by atoms with Crippen LogP contribution in [0.1, 0.15) is 32.9 Å². The molecule has 1 amide bonds. The number of aromatic nitrogens is 2. The Hall–Kier alpha value is -2.37. The molecule has 0 unspecified atom stereocenters. The Morgan fingerprint density at radius 2 is 1.74 bits per heavy atom. The number of ether oxygens (including phenoxy) is 1. The van der Waals surface area contributed by atoms with E-state index in [0.29, 0.717) is 25.6 Å². The fourth-order valence-corrected chi connectivity index (χ4v) is 2.56. The van der Waals surface area contributed by atoms with Crippen molar-refractivity contribution < 1.29 is 13.9 Å². The highest BCUT2D eigenvalue weighted by Crippen LogP contribution is 2.09. The van der Waals surface area contributed by atoms with Crippen LogP contribution >= 0.6 is 24.0 Å². The van der Waals surface area contributed by atoms with Crippen molar-refractivity contribution >= 4 is 36.0 Å². The van der Waals surface area contributed by atoms with E-state index in [9.17, 15) is 9.18 Å². The van der Waals surface area contributed by atoms with Crippen molar-refractivity contribution in [2.75, 3.05) is 26.7 Å². The Kier molecular flexibility index (Phi) is 11.3. The van der Waals surface area contributed by atoms with E-state index in [2.05, 4.69) is 26.0 Å². The van der Waals surface area contributed by atoms with Gasteiger partial charge in [0.2, 0.25) is 0 Å². The number of alkyl carbamates (subject to hydrolysis) is 1. The van der Waals surface area contributed by atoms with E-state index in [-0.39, 0.29) is 29.8 Å². The number of hydrogen-bond acceptors (Lipinski definition) is 4. The van der Waals surface area contributed by atoms with Gasteiger partial charge in [0.15, 0.2) is 5.96 Å². The number of rotatable bonds is 8. The van der Waals surface area contributed by atoms with Crippen LogP contribution in [0.25, 0.3) is 5.69 Å². The van der Waals surface area contributed by atoms with Crippen LogP contribution in [0, 0.1) is 5.82 Å². The second kappa shape index (κ2) is 13.1. The predicted octanol–water partition coefficient (Wildman–Crippen LogP) is 3.25. The monoisotopic (exact) mass is 546 g/mol. The standard InChI is InChI=1S/C21H31FN6O2.HI/c1-21(2,3)30-20(29)26-13-5-12-24-19(23-4)25-14-10-17-11-15-28(27-17)18-8-6-16(22)7-9-18;/h6-9,11,15H,5,10,12-14H2,1-4H3,(H,26,29)(H2,23,24,25);1H. The number of halogens is 2. The van der Waals surface area contributed by atoms with Crippen molar-refractivity contribution in [2.24, 2.45) is 4.99 Å². The number of nitrogens with one attached hydrogen (secondary N) is 3. The Morgan fingerprint density at radius 1 is 1.10 bits per heavy atom. The number of carbonyl (C=O) groups excluding carboxylic acids is 1. The van der Waals surface area contributed by atoms with E-state index in [1.807, 2.05) is 33.0 Å². The molecule has 0 atom stereocenters. The minimum atomic E-state index is -0.497. The number of benzene rings is 1. The van der Waals surface area contributed by atoms with Crippen LogP contribution in [0.4, 0.5) is 9.18 Å². The zero-order valence-corrected chi connectivity index (χ0v) is 20.8. The van der Waals surface area contributed by atoms with Crippen molar-refractivity contribution in [3.8, 4) is 5.69 Å². The number of amides is 1. The molecular formula is C21H32FIN6O2. The summed E-state index contributed by atoms with van der Waals surface area (Å²) in [5.41, 5.74) is 1.24. The summed E-state index contributed by atoms with van der Waals surface area (Å²) in [4.78, 5) is 15.8. The van der Waals surface area contributed by atoms with Gasteiger partial charge in [-0.3, -0.25) is 4.99 Å². The first-order valence-electron chi connectivity index (χ1n) is 9.99. The van der Waals surface area contributed by atoms with Crippen molar-refractivity contribution in [1.29, 1.82) is 0 Å². The van der Waals surface area contributed by atoms with Gasteiger partial charge in [0.05, 0.1) is 11.4 Å². The molecule has 0 aliphatic rings. The predicted molar refractivity (Wildman–Crippen MR) is 131 cm³/mol. The average Bonchev–Trinajstić information content (AvgIpc) is 3.14. The van der Waals surface area contributed by atoms with Gasteiger partial charge >= 0.3 is 6.09 Å². The Labute approximate surface area is 200 Å². The minimum Gasteiger partial charge on any atom is -0.444 e. The highest BCUT2D eigenvalue weighted by atomic mass is 127. The minimum absolute atomic E-state index is 0. The third kappa shape index (κ3) is 10.5. The van der Waals surface area contributed by atoms with Crippen molar-refractivity contribution in [2.45, 2.75) is 39.2 Å². The summed E-state index contributed by atoms with van der Waals surface area (Å²) < 4.78 is 19.9. The molecular weight excluding hydrogens is 514 g/mol. The summed E-state index contributed by atoms with van der Waals surface area (Å²) in [7, 11) is 1.71. The molecule has 0 spiro atoms. The Bertz CT molecular complexity index is 833. The van der Waals surface area contributed by atoms with E-state index >= 15 is 0 Å². The largest absolute Gasteiger partial charge is 0.444 e. The smallest absolute Gasteiger partial charge is 0.407 e. The summed E-state index contributed by atoms with van der Waals surface area (Å²) in [6.45, 7) is 7.33. The number of hydrogen-bond donors (Lipinski definition) is 3. The first-order valence-corrected chi connectivity index (χ1v) is 9.99. The molecule has 1 aromatic heterocycles. The molecule has 0 aliphatic carbocycles. The molecule has 10 heteroatoms. The lowest BCUT2D eigenvalue weighted by Crippen LogP contribution is -2.40. The zero-order valence-electron chi connectivity index (χ0n) is 18.4. The topological polar surface area (TPSA) is 92.6 Å². The van der Waals surface area contributed by atoms with Gasteiger partial charge in [0, 0.05) is 39.3 Å². The molecule has 0 fully saturated rings. The van der Waals surface area contributed by atoms with Crippen LogP contribution in [0.15, 0.2) is 41.5 Å².